The lowest BCUT2D eigenvalue weighted by Gasteiger charge is -2.14. The second kappa shape index (κ2) is 9.07. The molecule has 0 amide bonds. The summed E-state index contributed by atoms with van der Waals surface area (Å²) in [5.41, 5.74) is 5.44. The first kappa shape index (κ1) is 21.2. The number of aliphatic hydroxyl groups is 1. The van der Waals surface area contributed by atoms with Gasteiger partial charge in [0.2, 0.25) is 11.6 Å². The van der Waals surface area contributed by atoms with Crippen molar-refractivity contribution in [2.75, 3.05) is 0 Å². The molecular weight excluding hydrogens is 416 g/mol. The van der Waals surface area contributed by atoms with E-state index in [0.29, 0.717) is 24.5 Å². The number of H-pyrrole nitrogens is 1. The minimum absolute atomic E-state index is 0.206. The fourth-order valence-corrected chi connectivity index (χ4v) is 4.52. The minimum Gasteiger partial charge on any atom is -0.385 e. The van der Waals surface area contributed by atoms with Crippen LogP contribution in [0, 0.1) is 0 Å². The lowest BCUT2D eigenvalue weighted by Crippen LogP contribution is -2.23. The molecule has 2 aromatic carbocycles. The number of nitrogens with one attached hydrogen (secondary N) is 1. The number of nitrogens with zero attached hydrogens (tertiary/aromatic N) is 5. The molecule has 0 aliphatic heterocycles. The molecule has 4 aromatic rings. The third-order valence-electron chi connectivity index (χ3n) is 6.14. The van der Waals surface area contributed by atoms with Crippen molar-refractivity contribution in [2.24, 2.45) is 0 Å². The summed E-state index contributed by atoms with van der Waals surface area (Å²) < 4.78 is 2.01. The number of tetrazole rings is 1. The van der Waals surface area contributed by atoms with Crippen LogP contribution in [0.1, 0.15) is 53.8 Å². The van der Waals surface area contributed by atoms with Gasteiger partial charge in [-0.25, -0.2) is 4.98 Å². The van der Waals surface area contributed by atoms with Gasteiger partial charge < -0.3 is 9.67 Å². The summed E-state index contributed by atoms with van der Waals surface area (Å²) in [6.45, 7) is 2.65. The molecule has 2 N–H and O–H groups in total. The summed E-state index contributed by atoms with van der Waals surface area (Å²) in [6.07, 6.45) is 2.79. The topological polar surface area (TPSA) is 110 Å². The minimum atomic E-state index is -0.944. The van der Waals surface area contributed by atoms with Gasteiger partial charge in [-0.3, -0.25) is 4.79 Å². The summed E-state index contributed by atoms with van der Waals surface area (Å²) in [6, 6.07) is 16.2. The molecule has 1 aliphatic rings. The van der Waals surface area contributed by atoms with Gasteiger partial charge in [0.1, 0.15) is 17.6 Å². The zero-order valence-electron chi connectivity index (χ0n) is 18.5. The molecule has 33 heavy (non-hydrogen) atoms. The molecule has 1 atom stereocenters. The van der Waals surface area contributed by atoms with Gasteiger partial charge in [-0.1, -0.05) is 55.5 Å². The van der Waals surface area contributed by atoms with Crippen LogP contribution in [0.4, 0.5) is 0 Å². The van der Waals surface area contributed by atoms with E-state index in [0.717, 1.165) is 59.5 Å². The fourth-order valence-electron chi connectivity index (χ4n) is 4.52. The number of aliphatic hydroxyl groups excluding tert-OH is 1. The number of carbonyl (C=O) groups excluding carboxylic acids is 1. The maximum Gasteiger partial charge on any atom is 0.209 e. The normalized spacial score (nSPS) is 15.9. The molecule has 0 fully saturated rings. The summed E-state index contributed by atoms with van der Waals surface area (Å²) in [5, 5.41) is 24.7. The van der Waals surface area contributed by atoms with Crippen LogP contribution in [0.3, 0.4) is 0 Å². The van der Waals surface area contributed by atoms with Crippen molar-refractivity contribution in [3.63, 3.8) is 0 Å². The van der Waals surface area contributed by atoms with Crippen molar-refractivity contribution >= 4 is 5.78 Å². The van der Waals surface area contributed by atoms with E-state index < -0.39 is 6.10 Å². The molecule has 0 spiro atoms. The Balaban J connectivity index is 1.48. The number of ketones is 1. The Bertz CT molecular complexity index is 1260. The highest BCUT2D eigenvalue weighted by molar-refractivity contribution is 5.99. The third kappa shape index (κ3) is 4.09. The molecular formula is C25H26N6O2. The Labute approximate surface area is 191 Å². The summed E-state index contributed by atoms with van der Waals surface area (Å²) in [4.78, 5) is 17.7. The number of hydrogen-bond donors (Lipinski definition) is 2. The molecule has 8 heteroatoms. The van der Waals surface area contributed by atoms with Gasteiger partial charge in [0.05, 0.1) is 5.69 Å². The van der Waals surface area contributed by atoms with Crippen molar-refractivity contribution in [3.8, 4) is 22.5 Å². The molecule has 1 unspecified atom stereocenters. The number of Topliss-reactive ketones (excluding diaryl/α,β-unsaturated/α-hetero) is 1. The number of benzene rings is 2. The highest BCUT2D eigenvalue weighted by Crippen LogP contribution is 2.30. The number of imidazole rings is 1. The van der Waals surface area contributed by atoms with Crippen LogP contribution in [0.25, 0.3) is 22.5 Å². The van der Waals surface area contributed by atoms with Crippen LogP contribution < -0.4 is 0 Å². The van der Waals surface area contributed by atoms with Crippen LogP contribution in [0.2, 0.25) is 0 Å². The lowest BCUT2D eigenvalue weighted by atomic mass is 9.98. The van der Waals surface area contributed by atoms with Crippen molar-refractivity contribution in [2.45, 2.75) is 51.7 Å². The number of fused-ring (bicyclic) bond motifs is 1. The lowest BCUT2D eigenvalue weighted by molar-refractivity contribution is 0.0725. The van der Waals surface area contributed by atoms with Crippen LogP contribution in [0.15, 0.2) is 48.5 Å². The molecule has 5 rings (SSSR count). The van der Waals surface area contributed by atoms with E-state index in [2.05, 4.69) is 51.8 Å². The van der Waals surface area contributed by atoms with Crippen LogP contribution in [-0.2, 0) is 19.4 Å². The summed E-state index contributed by atoms with van der Waals surface area (Å²) in [5.74, 6) is 1.26. The van der Waals surface area contributed by atoms with Gasteiger partial charge in [0, 0.05) is 18.5 Å². The Morgan fingerprint density at radius 1 is 1.12 bits per heavy atom. The van der Waals surface area contributed by atoms with E-state index in [9.17, 15) is 9.90 Å². The zero-order chi connectivity index (χ0) is 22.8. The monoisotopic (exact) mass is 442 g/mol. The zero-order valence-corrected chi connectivity index (χ0v) is 18.5. The first-order valence-corrected chi connectivity index (χ1v) is 11.4. The Morgan fingerprint density at radius 3 is 2.64 bits per heavy atom. The van der Waals surface area contributed by atoms with Crippen molar-refractivity contribution in [3.05, 3.63) is 71.3 Å². The largest absolute Gasteiger partial charge is 0.385 e. The highest BCUT2D eigenvalue weighted by Gasteiger charge is 2.30. The SMILES string of the molecule is CCCc1nc2c(n1Cc1ccc(-c3ccccc3-c3nn[nH]n3)cc1)C(=O)C(O)CCC2. The molecule has 168 valence electrons. The molecule has 0 saturated heterocycles. The first-order valence-electron chi connectivity index (χ1n) is 11.4. The summed E-state index contributed by atoms with van der Waals surface area (Å²) >= 11 is 0. The van der Waals surface area contributed by atoms with Crippen molar-refractivity contribution < 1.29 is 9.90 Å². The van der Waals surface area contributed by atoms with E-state index in [1.54, 1.807) is 0 Å². The Hall–Kier alpha value is -3.65. The molecule has 2 aromatic heterocycles. The Kier molecular flexibility index (Phi) is 5.83. The maximum atomic E-state index is 12.9. The average molecular weight is 443 g/mol. The molecule has 0 radical (unpaired) electrons. The van der Waals surface area contributed by atoms with Gasteiger partial charge in [0.15, 0.2) is 0 Å². The second-order valence-corrected chi connectivity index (χ2v) is 8.41. The number of carbonyl (C=O) groups is 1. The molecule has 0 saturated carbocycles. The van der Waals surface area contributed by atoms with E-state index >= 15 is 0 Å². The Morgan fingerprint density at radius 2 is 1.91 bits per heavy atom. The first-order chi connectivity index (χ1) is 16.2. The highest BCUT2D eigenvalue weighted by atomic mass is 16.3. The predicted octanol–water partition coefficient (Wildman–Crippen LogP) is 3.61. The standard InChI is InChI=1S/C25H26N6O2/c1-2-6-22-26-20-9-5-10-21(32)24(33)23(20)31(22)15-16-11-13-17(14-12-16)18-7-3-4-8-19(18)25-27-29-30-28-25/h3-4,7-8,11-14,21,32H,2,5-6,9-10,15H2,1H3,(H,27,28,29,30). The van der Waals surface area contributed by atoms with Crippen LogP contribution in [-0.4, -0.2) is 47.2 Å². The van der Waals surface area contributed by atoms with E-state index in [1.165, 1.54) is 0 Å². The van der Waals surface area contributed by atoms with Crippen LogP contribution in [0.5, 0.6) is 0 Å². The smallest absolute Gasteiger partial charge is 0.209 e. The van der Waals surface area contributed by atoms with Crippen molar-refractivity contribution in [1.29, 1.82) is 0 Å². The van der Waals surface area contributed by atoms with Crippen LogP contribution >= 0.6 is 0 Å². The van der Waals surface area contributed by atoms with Gasteiger partial charge in [0.25, 0.3) is 0 Å². The molecule has 1 aliphatic carbocycles. The number of aryl methyl sites for hydroxylation is 2. The molecule has 0 bridgehead atoms. The fraction of sp³-hybridized carbons (Fsp3) is 0.320. The number of aromatic amines is 1. The van der Waals surface area contributed by atoms with E-state index in [4.69, 9.17) is 4.98 Å². The number of aromatic nitrogens is 6. The van der Waals surface area contributed by atoms with E-state index in [1.807, 2.05) is 28.8 Å². The van der Waals surface area contributed by atoms with Crippen molar-refractivity contribution in [1.82, 2.24) is 30.2 Å². The van der Waals surface area contributed by atoms with Gasteiger partial charge in [-0.15, -0.1) is 10.2 Å². The quantitative estimate of drug-likeness (QED) is 0.442. The number of hydrogen-bond acceptors (Lipinski definition) is 6. The number of rotatable bonds is 6. The molecule has 2 heterocycles. The average Bonchev–Trinajstić information content (AvgIpc) is 3.45. The maximum absolute atomic E-state index is 12.9. The summed E-state index contributed by atoms with van der Waals surface area (Å²) in [7, 11) is 0. The molecule has 8 nitrogen and oxygen atoms in total. The van der Waals surface area contributed by atoms with Gasteiger partial charge in [-0.2, -0.15) is 5.21 Å². The predicted molar refractivity (Wildman–Crippen MR) is 124 cm³/mol. The van der Waals surface area contributed by atoms with Gasteiger partial charge >= 0.3 is 0 Å². The van der Waals surface area contributed by atoms with E-state index in [-0.39, 0.29) is 5.78 Å². The third-order valence-corrected chi connectivity index (χ3v) is 6.14. The van der Waals surface area contributed by atoms with Gasteiger partial charge in [-0.05, 0) is 47.6 Å². The second-order valence-electron chi connectivity index (χ2n) is 8.41.